The summed E-state index contributed by atoms with van der Waals surface area (Å²) >= 11 is 1.76. The molecular formula is C13H17N3OS. The fourth-order valence-electron chi connectivity index (χ4n) is 1.61. The molecule has 0 spiro atoms. The van der Waals surface area contributed by atoms with Gasteiger partial charge in [0.05, 0.1) is 13.4 Å². The summed E-state index contributed by atoms with van der Waals surface area (Å²) in [4.78, 5) is 5.10. The summed E-state index contributed by atoms with van der Waals surface area (Å²) in [6.45, 7) is 0.983. The number of aromatic nitrogens is 2. The lowest BCUT2D eigenvalue weighted by molar-refractivity contribution is 0.414. The van der Waals surface area contributed by atoms with Crippen LogP contribution < -0.4 is 10.5 Å². The van der Waals surface area contributed by atoms with Crippen molar-refractivity contribution in [3.05, 3.63) is 36.9 Å². The number of aryl methyl sites for hydroxylation is 1. The van der Waals surface area contributed by atoms with Crippen LogP contribution in [0.1, 0.15) is 6.42 Å². The highest BCUT2D eigenvalue weighted by molar-refractivity contribution is 7.99. The highest BCUT2D eigenvalue weighted by Gasteiger charge is 2.02. The van der Waals surface area contributed by atoms with Gasteiger partial charge in [0.25, 0.3) is 0 Å². The maximum absolute atomic E-state index is 5.93. The molecule has 0 saturated carbocycles. The van der Waals surface area contributed by atoms with Crippen LogP contribution in [0.25, 0.3) is 0 Å². The van der Waals surface area contributed by atoms with Crippen molar-refractivity contribution in [1.82, 2.24) is 9.55 Å². The van der Waals surface area contributed by atoms with Crippen molar-refractivity contribution >= 4 is 17.4 Å². The van der Waals surface area contributed by atoms with Gasteiger partial charge in [-0.1, -0.05) is 0 Å². The van der Waals surface area contributed by atoms with Crippen LogP contribution in [-0.2, 0) is 6.54 Å². The smallest absolute Gasteiger partial charge is 0.120 e. The monoisotopic (exact) mass is 263 g/mol. The first-order valence-corrected chi connectivity index (χ1v) is 6.80. The maximum atomic E-state index is 5.93. The number of nitrogen functional groups attached to an aromatic ring is 1. The van der Waals surface area contributed by atoms with Crippen molar-refractivity contribution < 1.29 is 4.74 Å². The number of hydrogen-bond acceptors (Lipinski definition) is 4. The molecule has 5 heteroatoms. The van der Waals surface area contributed by atoms with Crippen molar-refractivity contribution in [2.24, 2.45) is 0 Å². The first-order chi connectivity index (χ1) is 8.79. The van der Waals surface area contributed by atoms with Gasteiger partial charge in [-0.15, -0.1) is 11.8 Å². The summed E-state index contributed by atoms with van der Waals surface area (Å²) in [7, 11) is 1.67. The highest BCUT2D eigenvalue weighted by Crippen LogP contribution is 2.29. The highest BCUT2D eigenvalue weighted by atomic mass is 32.2. The van der Waals surface area contributed by atoms with Crippen LogP contribution in [0.2, 0.25) is 0 Å². The second-order valence-electron chi connectivity index (χ2n) is 3.91. The van der Waals surface area contributed by atoms with E-state index in [1.54, 1.807) is 25.1 Å². The van der Waals surface area contributed by atoms with Gasteiger partial charge in [0.1, 0.15) is 5.75 Å². The van der Waals surface area contributed by atoms with Crippen LogP contribution in [0.4, 0.5) is 5.69 Å². The molecule has 0 atom stereocenters. The number of rotatable bonds is 6. The third-order valence-corrected chi connectivity index (χ3v) is 3.76. The second kappa shape index (κ2) is 6.35. The molecule has 1 heterocycles. The van der Waals surface area contributed by atoms with Gasteiger partial charge in [-0.3, -0.25) is 0 Å². The Labute approximate surface area is 111 Å². The molecule has 18 heavy (non-hydrogen) atoms. The first kappa shape index (κ1) is 12.8. The van der Waals surface area contributed by atoms with Crippen LogP contribution >= 0.6 is 11.8 Å². The molecule has 0 saturated heterocycles. The van der Waals surface area contributed by atoms with E-state index in [2.05, 4.69) is 9.55 Å². The van der Waals surface area contributed by atoms with Gasteiger partial charge < -0.3 is 15.0 Å². The summed E-state index contributed by atoms with van der Waals surface area (Å²) in [6, 6.07) is 5.75. The second-order valence-corrected chi connectivity index (χ2v) is 5.04. The van der Waals surface area contributed by atoms with Gasteiger partial charge in [0, 0.05) is 29.5 Å². The van der Waals surface area contributed by atoms with E-state index in [1.165, 1.54) is 0 Å². The van der Waals surface area contributed by atoms with Crippen molar-refractivity contribution in [3.63, 3.8) is 0 Å². The average molecular weight is 263 g/mol. The molecule has 1 aromatic carbocycles. The Bertz CT molecular complexity index is 485. The zero-order valence-electron chi connectivity index (χ0n) is 10.4. The lowest BCUT2D eigenvalue weighted by Gasteiger charge is -2.08. The zero-order valence-corrected chi connectivity index (χ0v) is 11.2. The normalized spacial score (nSPS) is 10.5. The Morgan fingerprint density at radius 2 is 2.33 bits per heavy atom. The number of nitrogens with two attached hydrogens (primary N) is 1. The predicted octanol–water partition coefficient (Wildman–Crippen LogP) is 2.66. The summed E-state index contributed by atoms with van der Waals surface area (Å²) in [5, 5.41) is 0. The standard InChI is InChI=1S/C13H17N3OS/c1-17-11-3-4-12(14)13(9-11)18-8-2-6-16-7-5-15-10-16/h3-5,7,9-10H,2,6,8,14H2,1H3. The van der Waals surface area contributed by atoms with E-state index in [9.17, 15) is 0 Å². The van der Waals surface area contributed by atoms with E-state index in [4.69, 9.17) is 10.5 Å². The van der Waals surface area contributed by atoms with Crippen LogP contribution in [-0.4, -0.2) is 22.4 Å². The Hall–Kier alpha value is -1.62. The number of hydrogen-bond donors (Lipinski definition) is 1. The number of thioether (sulfide) groups is 1. The number of methoxy groups -OCH3 is 1. The van der Waals surface area contributed by atoms with E-state index in [0.29, 0.717) is 0 Å². The van der Waals surface area contributed by atoms with Crippen LogP contribution in [0, 0.1) is 0 Å². The van der Waals surface area contributed by atoms with Crippen LogP contribution in [0.15, 0.2) is 41.8 Å². The van der Waals surface area contributed by atoms with E-state index in [0.717, 1.165) is 35.1 Å². The molecule has 96 valence electrons. The van der Waals surface area contributed by atoms with Crippen molar-refractivity contribution in [2.45, 2.75) is 17.9 Å². The van der Waals surface area contributed by atoms with Crippen LogP contribution in [0.3, 0.4) is 0 Å². The molecule has 2 N–H and O–H groups in total. The summed E-state index contributed by atoms with van der Waals surface area (Å²) in [5.41, 5.74) is 6.74. The van der Waals surface area contributed by atoms with E-state index in [-0.39, 0.29) is 0 Å². The Kier molecular flexibility index (Phi) is 4.52. The molecule has 0 aliphatic carbocycles. The average Bonchev–Trinajstić information content (AvgIpc) is 2.89. The Morgan fingerprint density at radius 1 is 1.44 bits per heavy atom. The summed E-state index contributed by atoms with van der Waals surface area (Å²) in [5.74, 6) is 1.87. The van der Waals surface area contributed by atoms with Gasteiger partial charge in [-0.05, 0) is 30.4 Å². The molecule has 0 bridgehead atoms. The van der Waals surface area contributed by atoms with Gasteiger partial charge in [-0.25, -0.2) is 4.98 Å². The van der Waals surface area contributed by atoms with E-state index >= 15 is 0 Å². The number of ether oxygens (including phenoxy) is 1. The molecule has 2 aromatic rings. The summed E-state index contributed by atoms with van der Waals surface area (Å²) in [6.07, 6.45) is 6.69. The molecule has 0 unspecified atom stereocenters. The SMILES string of the molecule is COc1ccc(N)c(SCCCn2ccnc2)c1. The fourth-order valence-corrected chi connectivity index (χ4v) is 2.54. The van der Waals surface area contributed by atoms with Gasteiger partial charge in [0.15, 0.2) is 0 Å². The minimum absolute atomic E-state index is 0.809. The minimum atomic E-state index is 0.809. The lowest BCUT2D eigenvalue weighted by Crippen LogP contribution is -1.96. The number of imidazole rings is 1. The molecule has 4 nitrogen and oxygen atoms in total. The van der Waals surface area contributed by atoms with Gasteiger partial charge >= 0.3 is 0 Å². The first-order valence-electron chi connectivity index (χ1n) is 5.81. The molecule has 0 radical (unpaired) electrons. The van der Waals surface area contributed by atoms with Gasteiger partial charge in [-0.2, -0.15) is 0 Å². The topological polar surface area (TPSA) is 53.1 Å². The molecule has 0 aliphatic rings. The molecule has 1 aromatic heterocycles. The molecule has 0 amide bonds. The lowest BCUT2D eigenvalue weighted by atomic mass is 10.3. The summed E-state index contributed by atoms with van der Waals surface area (Å²) < 4.78 is 7.27. The quantitative estimate of drug-likeness (QED) is 0.494. The largest absolute Gasteiger partial charge is 0.497 e. The molecule has 0 fully saturated rings. The predicted molar refractivity (Wildman–Crippen MR) is 75.0 cm³/mol. The molecule has 2 rings (SSSR count). The van der Waals surface area contributed by atoms with Crippen LogP contribution in [0.5, 0.6) is 5.75 Å². The van der Waals surface area contributed by atoms with Crippen molar-refractivity contribution in [1.29, 1.82) is 0 Å². The molecular weight excluding hydrogens is 246 g/mol. The number of anilines is 1. The molecule has 0 aliphatic heterocycles. The Balaban J connectivity index is 1.82. The minimum Gasteiger partial charge on any atom is -0.497 e. The number of nitrogens with zero attached hydrogens (tertiary/aromatic N) is 2. The third-order valence-electron chi connectivity index (χ3n) is 2.60. The van der Waals surface area contributed by atoms with Crippen molar-refractivity contribution in [3.8, 4) is 5.75 Å². The fraction of sp³-hybridized carbons (Fsp3) is 0.308. The zero-order chi connectivity index (χ0) is 12.8. The van der Waals surface area contributed by atoms with E-state index < -0.39 is 0 Å². The maximum Gasteiger partial charge on any atom is 0.120 e. The van der Waals surface area contributed by atoms with E-state index in [1.807, 2.05) is 30.7 Å². The Morgan fingerprint density at radius 3 is 3.06 bits per heavy atom. The third kappa shape index (κ3) is 3.43. The number of benzene rings is 1. The van der Waals surface area contributed by atoms with Gasteiger partial charge in [0.2, 0.25) is 0 Å². The van der Waals surface area contributed by atoms with Crippen molar-refractivity contribution in [2.75, 3.05) is 18.6 Å².